The molecule has 0 saturated carbocycles. The van der Waals surface area contributed by atoms with Crippen molar-refractivity contribution >= 4 is 55.9 Å². The number of anilines is 1. The minimum absolute atomic E-state index is 0.0755. The fraction of sp³-hybridized carbons (Fsp3) is 0.472. The molecular formula is C36H41BrFN5O6. The predicted octanol–water partition coefficient (Wildman–Crippen LogP) is 8.50. The monoisotopic (exact) mass is 737 g/mol. The second-order valence-corrected chi connectivity index (χ2v) is 15.8. The molecule has 4 aromatic rings. The number of imide groups is 1. The van der Waals surface area contributed by atoms with Crippen LogP contribution in [-0.4, -0.2) is 60.9 Å². The fourth-order valence-electron chi connectivity index (χ4n) is 6.24. The number of nitrogens with zero attached hydrogens (tertiary/aromatic N) is 5. The highest BCUT2D eigenvalue weighted by Gasteiger charge is 2.50. The highest BCUT2D eigenvalue weighted by atomic mass is 79.9. The van der Waals surface area contributed by atoms with Crippen LogP contribution in [0.3, 0.4) is 0 Å². The number of hydrogen-bond acceptors (Lipinski definition) is 9. The molecule has 49 heavy (non-hydrogen) atoms. The van der Waals surface area contributed by atoms with Gasteiger partial charge in [-0.05, 0) is 126 Å². The van der Waals surface area contributed by atoms with Gasteiger partial charge in [-0.15, -0.1) is 0 Å². The average molecular weight is 739 g/mol. The highest BCUT2D eigenvalue weighted by molar-refractivity contribution is 9.10. The smallest absolute Gasteiger partial charge is 0.425 e. The molecule has 0 unspecified atom stereocenters. The van der Waals surface area contributed by atoms with Gasteiger partial charge in [0.05, 0.1) is 21.7 Å². The average Bonchev–Trinajstić information content (AvgIpc) is 3.62. The summed E-state index contributed by atoms with van der Waals surface area (Å²) in [4.78, 5) is 40.8. The molecule has 3 atom stereocenters. The lowest BCUT2D eigenvalue weighted by Gasteiger charge is -2.28. The van der Waals surface area contributed by atoms with Crippen LogP contribution in [0.4, 0.5) is 19.8 Å². The van der Waals surface area contributed by atoms with E-state index in [9.17, 15) is 9.59 Å². The lowest BCUT2D eigenvalue weighted by molar-refractivity contribution is -0.147. The number of aromatic nitrogens is 4. The van der Waals surface area contributed by atoms with Crippen LogP contribution in [0.2, 0.25) is 0 Å². The Morgan fingerprint density at radius 3 is 2.33 bits per heavy atom. The molecule has 1 aliphatic heterocycles. The largest absolute Gasteiger partial charge is 0.443 e. The van der Waals surface area contributed by atoms with Crippen LogP contribution in [0.15, 0.2) is 52.9 Å². The Bertz CT molecular complexity index is 1970. The van der Waals surface area contributed by atoms with Crippen LogP contribution in [0, 0.1) is 12.7 Å². The van der Waals surface area contributed by atoms with Crippen molar-refractivity contribution < 1.29 is 32.9 Å². The number of aryl methyl sites for hydroxylation is 2. The van der Waals surface area contributed by atoms with Gasteiger partial charge in [-0.2, -0.15) is 4.90 Å². The third-order valence-corrected chi connectivity index (χ3v) is 8.77. The minimum atomic E-state index is -0.970. The van der Waals surface area contributed by atoms with E-state index in [0.29, 0.717) is 18.4 Å². The summed E-state index contributed by atoms with van der Waals surface area (Å²) in [5.74, 6) is -1.34. The third kappa shape index (κ3) is 7.20. The molecule has 13 heteroatoms. The van der Waals surface area contributed by atoms with Crippen molar-refractivity contribution in [2.45, 2.75) is 110 Å². The summed E-state index contributed by atoms with van der Waals surface area (Å²) in [6.45, 7) is 15.9. The Labute approximate surface area is 292 Å². The molecule has 0 N–H and O–H groups in total. The number of benzene rings is 1. The third-order valence-electron chi connectivity index (χ3n) is 8.19. The Morgan fingerprint density at radius 1 is 1.00 bits per heavy atom. The molecule has 11 nitrogen and oxygen atoms in total. The van der Waals surface area contributed by atoms with Gasteiger partial charge in [0.15, 0.2) is 11.6 Å². The molecule has 1 aliphatic carbocycles. The van der Waals surface area contributed by atoms with Gasteiger partial charge < -0.3 is 23.5 Å². The van der Waals surface area contributed by atoms with Gasteiger partial charge in [0.25, 0.3) is 0 Å². The standard InChI is InChI=1S/C36H41BrFN5O6/c1-19-22-12-13-42(30(22)40-18-39-19)27-16-21(28-29(27)47-36(8,9)46-28)11-10-20-14-25(38)23-17-24(37)31(41-26(23)15-20)43(32(44)48-34(2,3)4)33(45)49-35(5,6)7/h12-18,27-29H,10-11H2,1-9H3/t27-,28-,29+/m1/s1. The Kier molecular flexibility index (Phi) is 8.86. The summed E-state index contributed by atoms with van der Waals surface area (Å²) in [7, 11) is 0. The van der Waals surface area contributed by atoms with E-state index < -0.39 is 35.0 Å². The SMILES string of the molecule is Cc1ncnc2c1ccn2[C@@H]1C=C(CCc2cc(F)c3cc(Br)c(N(C(=O)OC(C)(C)C)C(=O)OC(C)(C)C)nc3c2)[C@H]2OC(C)(C)O[C@H]21. The maximum absolute atomic E-state index is 15.6. The first-order chi connectivity index (χ1) is 22.8. The Hall–Kier alpha value is -3.94. The first-order valence-electron chi connectivity index (χ1n) is 16.2. The molecule has 0 radical (unpaired) electrons. The molecule has 2 amide bonds. The molecule has 2 aliphatic rings. The number of carbonyl (C=O) groups excluding carboxylic acids is 2. The summed E-state index contributed by atoms with van der Waals surface area (Å²) < 4.78 is 41.8. The number of fused-ring (bicyclic) bond motifs is 3. The molecule has 0 bridgehead atoms. The second kappa shape index (κ2) is 12.4. The normalized spacial score (nSPS) is 20.4. The lowest BCUT2D eigenvalue weighted by atomic mass is 10.0. The van der Waals surface area contributed by atoms with Gasteiger partial charge in [-0.1, -0.05) is 6.08 Å². The quantitative estimate of drug-likeness (QED) is 0.186. The topological polar surface area (TPSA) is 118 Å². The molecule has 4 heterocycles. The van der Waals surface area contributed by atoms with Crippen LogP contribution in [-0.2, 0) is 25.4 Å². The maximum Gasteiger partial charge on any atom is 0.425 e. The number of amides is 2. The molecule has 1 saturated heterocycles. The van der Waals surface area contributed by atoms with Crippen molar-refractivity contribution in [3.8, 4) is 0 Å². The predicted molar refractivity (Wildman–Crippen MR) is 186 cm³/mol. The van der Waals surface area contributed by atoms with Crippen LogP contribution >= 0.6 is 15.9 Å². The van der Waals surface area contributed by atoms with Crippen molar-refractivity contribution in [1.29, 1.82) is 0 Å². The van der Waals surface area contributed by atoms with E-state index in [1.165, 1.54) is 12.1 Å². The van der Waals surface area contributed by atoms with Crippen molar-refractivity contribution in [3.63, 3.8) is 0 Å². The van der Waals surface area contributed by atoms with Gasteiger partial charge in [0.2, 0.25) is 0 Å². The van der Waals surface area contributed by atoms with Crippen LogP contribution < -0.4 is 4.90 Å². The minimum Gasteiger partial charge on any atom is -0.443 e. The number of hydrogen-bond donors (Lipinski definition) is 0. The summed E-state index contributed by atoms with van der Waals surface area (Å²) in [6.07, 6.45) is 4.27. The number of carbonyl (C=O) groups is 2. The van der Waals surface area contributed by atoms with Gasteiger partial charge in [0, 0.05) is 17.0 Å². The zero-order valence-electron chi connectivity index (χ0n) is 29.1. The molecular weight excluding hydrogens is 697 g/mol. The molecule has 1 aromatic carbocycles. The molecule has 6 rings (SSSR count). The first-order valence-corrected chi connectivity index (χ1v) is 17.0. The Balaban J connectivity index is 1.32. The lowest BCUT2D eigenvalue weighted by Crippen LogP contribution is -2.44. The zero-order valence-corrected chi connectivity index (χ0v) is 30.7. The summed E-state index contributed by atoms with van der Waals surface area (Å²) in [5.41, 5.74) is 1.89. The van der Waals surface area contributed by atoms with E-state index in [0.717, 1.165) is 27.2 Å². The molecule has 0 spiro atoms. The fourth-order valence-corrected chi connectivity index (χ4v) is 6.74. The zero-order chi connectivity index (χ0) is 35.6. The van der Waals surface area contributed by atoms with Crippen molar-refractivity contribution in [2.24, 2.45) is 0 Å². The highest BCUT2D eigenvalue weighted by Crippen LogP contribution is 2.45. The van der Waals surface area contributed by atoms with Gasteiger partial charge >= 0.3 is 12.2 Å². The first kappa shape index (κ1) is 34.9. The Morgan fingerprint density at radius 2 is 1.67 bits per heavy atom. The summed E-state index contributed by atoms with van der Waals surface area (Å²) in [5, 5.41) is 1.19. The van der Waals surface area contributed by atoms with E-state index in [2.05, 4.69) is 41.5 Å². The van der Waals surface area contributed by atoms with Gasteiger partial charge in [0.1, 0.15) is 41.2 Å². The van der Waals surface area contributed by atoms with Crippen LogP contribution in [0.5, 0.6) is 0 Å². The van der Waals surface area contributed by atoms with Crippen molar-refractivity contribution in [3.05, 3.63) is 70.0 Å². The van der Waals surface area contributed by atoms with Gasteiger partial charge in [-0.25, -0.2) is 28.9 Å². The summed E-state index contributed by atoms with van der Waals surface area (Å²) in [6, 6.07) is 6.59. The molecule has 260 valence electrons. The molecule has 3 aromatic heterocycles. The summed E-state index contributed by atoms with van der Waals surface area (Å²) >= 11 is 3.39. The van der Waals surface area contributed by atoms with E-state index in [1.807, 2.05) is 33.0 Å². The number of ether oxygens (including phenoxy) is 4. The van der Waals surface area contributed by atoms with E-state index >= 15 is 4.39 Å². The second-order valence-electron chi connectivity index (χ2n) is 14.9. The van der Waals surface area contributed by atoms with Gasteiger partial charge in [-0.3, -0.25) is 0 Å². The van der Waals surface area contributed by atoms with E-state index in [-0.39, 0.29) is 39.4 Å². The van der Waals surface area contributed by atoms with E-state index in [1.54, 1.807) is 53.9 Å². The number of halogens is 2. The van der Waals surface area contributed by atoms with Crippen molar-refractivity contribution in [2.75, 3.05) is 4.90 Å². The maximum atomic E-state index is 15.6. The van der Waals surface area contributed by atoms with E-state index in [4.69, 9.17) is 18.9 Å². The van der Waals surface area contributed by atoms with Crippen LogP contribution in [0.1, 0.15) is 79.1 Å². The van der Waals surface area contributed by atoms with Crippen molar-refractivity contribution in [1.82, 2.24) is 19.5 Å². The molecule has 1 fully saturated rings. The number of pyridine rings is 1. The number of rotatable bonds is 5. The van der Waals surface area contributed by atoms with Crippen LogP contribution in [0.25, 0.3) is 21.9 Å².